The van der Waals surface area contributed by atoms with E-state index in [0.29, 0.717) is 12.0 Å². The SMILES string of the molecule is O=C(O)C1CCCCC1c1ccc(CN(C(=O)OCc2ccccc2)C(=O)OCc2ccccc2)cc1. The third-order valence-corrected chi connectivity index (χ3v) is 6.68. The molecule has 1 N–H and O–H groups in total. The van der Waals surface area contributed by atoms with E-state index in [2.05, 4.69) is 0 Å². The van der Waals surface area contributed by atoms with Crippen molar-refractivity contribution in [3.8, 4) is 0 Å². The number of hydrogen-bond acceptors (Lipinski definition) is 5. The van der Waals surface area contributed by atoms with E-state index in [1.54, 1.807) is 0 Å². The van der Waals surface area contributed by atoms with Crippen molar-refractivity contribution in [2.45, 2.75) is 51.4 Å². The maximum atomic E-state index is 12.9. The lowest BCUT2D eigenvalue weighted by atomic mass is 9.75. The molecule has 1 aliphatic carbocycles. The van der Waals surface area contributed by atoms with Crippen LogP contribution in [-0.2, 0) is 34.0 Å². The minimum atomic E-state index is -0.802. The molecule has 0 aromatic heterocycles. The van der Waals surface area contributed by atoms with Crippen LogP contribution in [0.2, 0.25) is 0 Å². The first-order valence-corrected chi connectivity index (χ1v) is 12.5. The molecule has 0 bridgehead atoms. The number of carboxylic acids is 1. The molecule has 7 nitrogen and oxygen atoms in total. The number of aliphatic carboxylic acids is 1. The molecule has 0 heterocycles. The molecule has 37 heavy (non-hydrogen) atoms. The number of amides is 2. The highest BCUT2D eigenvalue weighted by atomic mass is 16.6. The lowest BCUT2D eigenvalue weighted by molar-refractivity contribution is -0.143. The molecular formula is C30H31NO6. The van der Waals surface area contributed by atoms with Crippen LogP contribution in [0.25, 0.3) is 0 Å². The van der Waals surface area contributed by atoms with E-state index in [9.17, 15) is 19.5 Å². The molecule has 3 aromatic rings. The van der Waals surface area contributed by atoms with E-state index in [1.165, 1.54) is 0 Å². The van der Waals surface area contributed by atoms with Crippen LogP contribution in [0.4, 0.5) is 9.59 Å². The van der Waals surface area contributed by atoms with Gasteiger partial charge in [0.25, 0.3) is 0 Å². The van der Waals surface area contributed by atoms with Crippen molar-refractivity contribution in [1.29, 1.82) is 0 Å². The zero-order valence-electron chi connectivity index (χ0n) is 20.6. The van der Waals surface area contributed by atoms with E-state index >= 15 is 0 Å². The number of imide groups is 1. The highest BCUT2D eigenvalue weighted by Gasteiger charge is 2.32. The van der Waals surface area contributed by atoms with E-state index in [4.69, 9.17) is 9.47 Å². The van der Waals surface area contributed by atoms with Crippen molar-refractivity contribution in [2.75, 3.05) is 0 Å². The van der Waals surface area contributed by atoms with Crippen LogP contribution < -0.4 is 0 Å². The van der Waals surface area contributed by atoms with Crippen LogP contribution in [-0.4, -0.2) is 28.2 Å². The summed E-state index contributed by atoms with van der Waals surface area (Å²) in [5, 5.41) is 9.62. The predicted octanol–water partition coefficient (Wildman–Crippen LogP) is 6.52. The van der Waals surface area contributed by atoms with Gasteiger partial charge >= 0.3 is 18.2 Å². The molecule has 0 radical (unpaired) electrons. The van der Waals surface area contributed by atoms with Crippen molar-refractivity contribution in [1.82, 2.24) is 4.90 Å². The number of carboxylic acid groups (broad SMARTS) is 1. The van der Waals surface area contributed by atoms with Gasteiger partial charge in [-0.3, -0.25) is 4.79 Å². The van der Waals surface area contributed by atoms with Gasteiger partial charge < -0.3 is 14.6 Å². The molecule has 2 amide bonds. The number of hydrogen-bond donors (Lipinski definition) is 1. The Morgan fingerprint density at radius 3 is 1.73 bits per heavy atom. The van der Waals surface area contributed by atoms with E-state index < -0.39 is 24.1 Å². The maximum absolute atomic E-state index is 12.9. The Labute approximate surface area is 216 Å². The summed E-state index contributed by atoms with van der Waals surface area (Å²) >= 11 is 0. The van der Waals surface area contributed by atoms with Gasteiger partial charge in [0.1, 0.15) is 13.2 Å². The fourth-order valence-electron chi connectivity index (χ4n) is 4.68. The molecule has 192 valence electrons. The molecule has 0 spiro atoms. The smallest absolute Gasteiger partial charge is 0.419 e. The van der Waals surface area contributed by atoms with Crippen LogP contribution >= 0.6 is 0 Å². The largest absolute Gasteiger partial charge is 0.481 e. The molecule has 1 fully saturated rings. The summed E-state index contributed by atoms with van der Waals surface area (Å²) in [5.41, 5.74) is 3.28. The zero-order valence-corrected chi connectivity index (χ0v) is 20.6. The number of carbonyl (C=O) groups is 3. The molecule has 2 unspecified atom stereocenters. The Kier molecular flexibility index (Phi) is 8.92. The van der Waals surface area contributed by atoms with Crippen LogP contribution in [0.5, 0.6) is 0 Å². The van der Waals surface area contributed by atoms with Crippen molar-refractivity contribution >= 4 is 18.2 Å². The highest BCUT2D eigenvalue weighted by molar-refractivity contribution is 5.87. The second-order valence-electron chi connectivity index (χ2n) is 9.24. The number of rotatable bonds is 8. The Hall–Kier alpha value is -4.13. The average molecular weight is 502 g/mol. The second-order valence-corrected chi connectivity index (χ2v) is 9.24. The van der Waals surface area contributed by atoms with Gasteiger partial charge in [-0.05, 0) is 41.0 Å². The van der Waals surface area contributed by atoms with E-state index in [0.717, 1.165) is 40.9 Å². The lowest BCUT2D eigenvalue weighted by Crippen LogP contribution is -2.37. The summed E-state index contributed by atoms with van der Waals surface area (Å²) in [6.45, 7) is 0.0210. The van der Waals surface area contributed by atoms with Crippen molar-refractivity contribution in [3.63, 3.8) is 0 Å². The zero-order chi connectivity index (χ0) is 26.0. The topological polar surface area (TPSA) is 93.1 Å². The Morgan fingerprint density at radius 2 is 1.22 bits per heavy atom. The Morgan fingerprint density at radius 1 is 0.703 bits per heavy atom. The summed E-state index contributed by atoms with van der Waals surface area (Å²) in [6.07, 6.45) is 1.84. The molecule has 7 heteroatoms. The van der Waals surface area contributed by atoms with Gasteiger partial charge in [-0.15, -0.1) is 0 Å². The van der Waals surface area contributed by atoms with Crippen molar-refractivity contribution < 1.29 is 29.0 Å². The average Bonchev–Trinajstić information content (AvgIpc) is 2.94. The quantitative estimate of drug-likeness (QED) is 0.378. The lowest BCUT2D eigenvalue weighted by Gasteiger charge is -2.29. The van der Waals surface area contributed by atoms with Gasteiger partial charge in [0.15, 0.2) is 0 Å². The number of benzene rings is 3. The number of ether oxygens (including phenoxy) is 2. The van der Waals surface area contributed by atoms with Gasteiger partial charge in [-0.2, -0.15) is 0 Å². The minimum Gasteiger partial charge on any atom is -0.481 e. The molecule has 0 aliphatic heterocycles. The van der Waals surface area contributed by atoms with Gasteiger partial charge in [0.2, 0.25) is 0 Å². The molecular weight excluding hydrogens is 470 g/mol. The third-order valence-electron chi connectivity index (χ3n) is 6.68. The molecule has 3 aromatic carbocycles. The molecule has 0 saturated heterocycles. The van der Waals surface area contributed by atoms with Gasteiger partial charge in [-0.1, -0.05) is 97.8 Å². The first-order valence-electron chi connectivity index (χ1n) is 12.5. The second kappa shape index (κ2) is 12.7. The van der Waals surface area contributed by atoms with E-state index in [1.807, 2.05) is 84.9 Å². The fourth-order valence-corrected chi connectivity index (χ4v) is 4.68. The summed E-state index contributed by atoms with van der Waals surface area (Å²) in [7, 11) is 0. The number of nitrogens with zero attached hydrogens (tertiary/aromatic N) is 1. The van der Waals surface area contributed by atoms with Gasteiger partial charge in [0.05, 0.1) is 12.5 Å². The summed E-state index contributed by atoms with van der Waals surface area (Å²) < 4.78 is 10.8. The monoisotopic (exact) mass is 501 g/mol. The Balaban J connectivity index is 1.46. The molecule has 1 aliphatic rings. The standard InChI is InChI=1S/C30H31NO6/c32-28(33)27-14-8-7-13-26(27)25-17-15-22(16-18-25)19-31(29(34)36-20-23-9-3-1-4-10-23)30(35)37-21-24-11-5-2-6-12-24/h1-6,9-12,15-18,26-27H,7-8,13-14,19-21H2,(H,32,33). The Bertz CT molecular complexity index is 1120. The summed E-state index contributed by atoms with van der Waals surface area (Å²) in [5.74, 6) is -1.19. The fraction of sp³-hybridized carbons (Fsp3) is 0.300. The summed E-state index contributed by atoms with van der Waals surface area (Å²) in [4.78, 5) is 38.6. The number of carbonyl (C=O) groups excluding carboxylic acids is 2. The normalized spacial score (nSPS) is 17.0. The van der Waals surface area contributed by atoms with Crippen molar-refractivity contribution in [2.24, 2.45) is 5.92 Å². The van der Waals surface area contributed by atoms with Crippen LogP contribution in [0.1, 0.15) is 53.9 Å². The van der Waals surface area contributed by atoms with E-state index in [-0.39, 0.29) is 25.7 Å². The first kappa shape index (κ1) is 25.9. The summed E-state index contributed by atoms with van der Waals surface area (Å²) in [6, 6.07) is 25.9. The molecule has 1 saturated carbocycles. The minimum absolute atomic E-state index is 0.0271. The van der Waals surface area contributed by atoms with Crippen LogP contribution in [0, 0.1) is 5.92 Å². The van der Waals surface area contributed by atoms with Crippen LogP contribution in [0.15, 0.2) is 84.9 Å². The van der Waals surface area contributed by atoms with Gasteiger partial charge in [-0.25, -0.2) is 14.5 Å². The molecule has 2 atom stereocenters. The van der Waals surface area contributed by atoms with Gasteiger partial charge in [0, 0.05) is 0 Å². The van der Waals surface area contributed by atoms with Crippen LogP contribution in [0.3, 0.4) is 0 Å². The maximum Gasteiger partial charge on any atom is 0.419 e. The third kappa shape index (κ3) is 7.19. The van der Waals surface area contributed by atoms with Crippen molar-refractivity contribution in [3.05, 3.63) is 107 Å². The first-order chi connectivity index (χ1) is 18.0. The highest BCUT2D eigenvalue weighted by Crippen LogP contribution is 2.38. The predicted molar refractivity (Wildman–Crippen MR) is 138 cm³/mol. The molecule has 4 rings (SSSR count).